The Morgan fingerprint density at radius 3 is 2.83 bits per heavy atom. The molecule has 0 aromatic rings. The molecule has 0 bridgehead atoms. The Balaban J connectivity index is 3.15. The smallest absolute Gasteiger partial charge is 0.305 e. The van der Waals surface area contributed by atoms with E-state index in [1.165, 1.54) is 7.11 Å². The number of rotatable bonds is 6. The van der Waals surface area contributed by atoms with Gasteiger partial charge in [-0.05, 0) is 19.9 Å². The van der Waals surface area contributed by atoms with Crippen LogP contribution in [0.5, 0.6) is 0 Å². The van der Waals surface area contributed by atoms with Crippen LogP contribution < -0.4 is 5.32 Å². The lowest BCUT2D eigenvalue weighted by molar-refractivity contribution is -0.140. The predicted octanol–water partition coefficient (Wildman–Crippen LogP) is -0.0900. The monoisotopic (exact) mass is 175 g/mol. The molecule has 0 spiro atoms. The van der Waals surface area contributed by atoms with E-state index < -0.39 is 0 Å². The largest absolute Gasteiger partial charge is 0.469 e. The normalized spacial score (nSPS) is 12.6. The van der Waals surface area contributed by atoms with Crippen LogP contribution in [0, 0.1) is 0 Å². The zero-order valence-electron chi connectivity index (χ0n) is 7.67. The van der Waals surface area contributed by atoms with E-state index in [9.17, 15) is 4.79 Å². The molecule has 0 radical (unpaired) electrons. The van der Waals surface area contributed by atoms with E-state index in [4.69, 9.17) is 5.11 Å². The van der Waals surface area contributed by atoms with Gasteiger partial charge in [-0.1, -0.05) is 0 Å². The third-order valence-corrected chi connectivity index (χ3v) is 1.55. The molecule has 4 nitrogen and oxygen atoms in total. The molecule has 0 fully saturated rings. The van der Waals surface area contributed by atoms with Gasteiger partial charge in [-0.2, -0.15) is 0 Å². The fraction of sp³-hybridized carbons (Fsp3) is 0.875. The molecule has 0 aliphatic heterocycles. The Kier molecular flexibility index (Phi) is 6.70. The standard InChI is InChI=1S/C8H17NO3/c1-7(6-10)9-5-3-4-8(11)12-2/h7,9-10H,3-6H2,1-2H3. The molecule has 0 heterocycles. The van der Waals surface area contributed by atoms with Crippen molar-refractivity contribution in [2.75, 3.05) is 20.3 Å². The van der Waals surface area contributed by atoms with Gasteiger partial charge < -0.3 is 15.2 Å². The van der Waals surface area contributed by atoms with Gasteiger partial charge in [-0.3, -0.25) is 4.79 Å². The van der Waals surface area contributed by atoms with Crippen LogP contribution in [0.3, 0.4) is 0 Å². The minimum absolute atomic E-state index is 0.0997. The summed E-state index contributed by atoms with van der Waals surface area (Å²) < 4.78 is 4.47. The van der Waals surface area contributed by atoms with Crippen molar-refractivity contribution in [1.29, 1.82) is 0 Å². The number of ether oxygens (including phenoxy) is 1. The number of carbonyl (C=O) groups excluding carboxylic acids is 1. The second-order valence-corrected chi connectivity index (χ2v) is 2.72. The molecule has 1 atom stereocenters. The first-order valence-corrected chi connectivity index (χ1v) is 4.11. The predicted molar refractivity (Wildman–Crippen MR) is 45.8 cm³/mol. The van der Waals surface area contributed by atoms with E-state index in [0.717, 1.165) is 13.0 Å². The van der Waals surface area contributed by atoms with Crippen LogP contribution in [0.2, 0.25) is 0 Å². The lowest BCUT2D eigenvalue weighted by atomic mass is 10.3. The van der Waals surface area contributed by atoms with Gasteiger partial charge in [0, 0.05) is 12.5 Å². The van der Waals surface area contributed by atoms with Crippen LogP contribution in [-0.2, 0) is 9.53 Å². The molecule has 72 valence electrons. The number of methoxy groups -OCH3 is 1. The Morgan fingerprint density at radius 1 is 1.67 bits per heavy atom. The molecule has 0 amide bonds. The SMILES string of the molecule is COC(=O)CCCNC(C)CO. The van der Waals surface area contributed by atoms with Gasteiger partial charge in [0.2, 0.25) is 0 Å². The van der Waals surface area contributed by atoms with Crippen molar-refractivity contribution < 1.29 is 14.6 Å². The minimum atomic E-state index is -0.187. The number of hydrogen-bond donors (Lipinski definition) is 2. The molecule has 2 N–H and O–H groups in total. The van der Waals surface area contributed by atoms with E-state index in [0.29, 0.717) is 6.42 Å². The van der Waals surface area contributed by atoms with Crippen molar-refractivity contribution in [2.45, 2.75) is 25.8 Å². The minimum Gasteiger partial charge on any atom is -0.469 e. The Hall–Kier alpha value is -0.610. The van der Waals surface area contributed by atoms with Gasteiger partial charge in [0.25, 0.3) is 0 Å². The number of aliphatic hydroxyl groups excluding tert-OH is 1. The van der Waals surface area contributed by atoms with Crippen molar-refractivity contribution >= 4 is 5.97 Å². The number of hydrogen-bond acceptors (Lipinski definition) is 4. The summed E-state index contributed by atoms with van der Waals surface area (Å²) in [5.74, 6) is -0.187. The van der Waals surface area contributed by atoms with Crippen LogP contribution in [-0.4, -0.2) is 37.4 Å². The summed E-state index contributed by atoms with van der Waals surface area (Å²) in [5.41, 5.74) is 0. The maximum absolute atomic E-state index is 10.6. The third-order valence-electron chi connectivity index (χ3n) is 1.55. The Bertz CT molecular complexity index is 127. The molecule has 12 heavy (non-hydrogen) atoms. The van der Waals surface area contributed by atoms with Crippen LogP contribution in [0.15, 0.2) is 0 Å². The molecular weight excluding hydrogens is 158 g/mol. The number of carbonyl (C=O) groups is 1. The summed E-state index contributed by atoms with van der Waals surface area (Å²) in [6.45, 7) is 2.74. The zero-order chi connectivity index (χ0) is 9.40. The number of nitrogens with one attached hydrogen (secondary N) is 1. The first kappa shape index (κ1) is 11.4. The van der Waals surface area contributed by atoms with Crippen LogP contribution >= 0.6 is 0 Å². The van der Waals surface area contributed by atoms with E-state index >= 15 is 0 Å². The number of esters is 1. The highest BCUT2D eigenvalue weighted by atomic mass is 16.5. The molecule has 0 aromatic carbocycles. The van der Waals surface area contributed by atoms with Crippen molar-refractivity contribution in [1.82, 2.24) is 5.32 Å². The molecule has 0 saturated heterocycles. The van der Waals surface area contributed by atoms with Gasteiger partial charge >= 0.3 is 5.97 Å². The fourth-order valence-electron chi connectivity index (χ4n) is 0.748. The molecule has 0 saturated carbocycles. The zero-order valence-corrected chi connectivity index (χ0v) is 7.67. The summed E-state index contributed by atoms with van der Waals surface area (Å²) in [7, 11) is 1.38. The Labute approximate surface area is 72.9 Å². The quantitative estimate of drug-likeness (QED) is 0.437. The highest BCUT2D eigenvalue weighted by Gasteiger charge is 2.00. The second kappa shape index (κ2) is 7.06. The first-order valence-electron chi connectivity index (χ1n) is 4.11. The van der Waals surface area contributed by atoms with Gasteiger partial charge in [-0.15, -0.1) is 0 Å². The van der Waals surface area contributed by atoms with Crippen LogP contribution in [0.1, 0.15) is 19.8 Å². The first-order chi connectivity index (χ1) is 5.70. The summed E-state index contributed by atoms with van der Waals surface area (Å²) in [6, 6.07) is 0.0997. The lowest BCUT2D eigenvalue weighted by Gasteiger charge is -2.09. The van der Waals surface area contributed by atoms with Crippen LogP contribution in [0.25, 0.3) is 0 Å². The number of aliphatic hydroxyl groups is 1. The van der Waals surface area contributed by atoms with E-state index in [1.807, 2.05) is 6.92 Å². The highest BCUT2D eigenvalue weighted by Crippen LogP contribution is 1.90. The average molecular weight is 175 g/mol. The van der Waals surface area contributed by atoms with Gasteiger partial charge in [0.05, 0.1) is 13.7 Å². The summed E-state index contributed by atoms with van der Waals surface area (Å²) in [4.78, 5) is 10.6. The molecule has 0 rings (SSSR count). The highest BCUT2D eigenvalue weighted by molar-refractivity contribution is 5.68. The van der Waals surface area contributed by atoms with E-state index in [-0.39, 0.29) is 18.6 Å². The third kappa shape index (κ3) is 6.12. The van der Waals surface area contributed by atoms with E-state index in [1.54, 1.807) is 0 Å². The van der Waals surface area contributed by atoms with E-state index in [2.05, 4.69) is 10.1 Å². The molecule has 1 unspecified atom stereocenters. The molecule has 0 aromatic heterocycles. The topological polar surface area (TPSA) is 58.6 Å². The summed E-state index contributed by atoms with van der Waals surface area (Å²) in [5, 5.41) is 11.7. The maximum Gasteiger partial charge on any atom is 0.305 e. The molecule has 0 aliphatic carbocycles. The lowest BCUT2D eigenvalue weighted by Crippen LogP contribution is -2.30. The summed E-state index contributed by atoms with van der Waals surface area (Å²) >= 11 is 0. The van der Waals surface area contributed by atoms with Crippen molar-refractivity contribution in [3.05, 3.63) is 0 Å². The van der Waals surface area contributed by atoms with Crippen molar-refractivity contribution in [3.63, 3.8) is 0 Å². The molecule has 4 heteroatoms. The average Bonchev–Trinajstić information content (AvgIpc) is 2.11. The van der Waals surface area contributed by atoms with Gasteiger partial charge in [-0.25, -0.2) is 0 Å². The van der Waals surface area contributed by atoms with Gasteiger partial charge in [0.1, 0.15) is 0 Å². The van der Waals surface area contributed by atoms with Crippen LogP contribution in [0.4, 0.5) is 0 Å². The van der Waals surface area contributed by atoms with Crippen molar-refractivity contribution in [3.8, 4) is 0 Å². The van der Waals surface area contributed by atoms with Gasteiger partial charge in [0.15, 0.2) is 0 Å². The molecular formula is C8H17NO3. The second-order valence-electron chi connectivity index (χ2n) is 2.72. The summed E-state index contributed by atoms with van der Waals surface area (Å²) in [6.07, 6.45) is 1.18. The Morgan fingerprint density at radius 2 is 2.33 bits per heavy atom. The maximum atomic E-state index is 10.6. The fourth-order valence-corrected chi connectivity index (χ4v) is 0.748. The molecule has 0 aliphatic rings. The van der Waals surface area contributed by atoms with Crippen molar-refractivity contribution in [2.24, 2.45) is 0 Å².